The number of para-hydroxylation sites is 1. The summed E-state index contributed by atoms with van der Waals surface area (Å²) >= 11 is 0. The number of hydrogen-bond donors (Lipinski definition) is 2. The van der Waals surface area contributed by atoms with E-state index in [9.17, 15) is 9.90 Å². The topological polar surface area (TPSA) is 84.6 Å². The molecule has 0 radical (unpaired) electrons. The second-order valence-electron chi connectivity index (χ2n) is 5.45. The average molecular weight is 290 g/mol. The number of fused-ring (bicyclic) bond motifs is 1. The van der Waals surface area contributed by atoms with Crippen molar-refractivity contribution in [3.63, 3.8) is 0 Å². The number of aliphatic hydroxyl groups is 1. The molecule has 2 heterocycles. The van der Waals surface area contributed by atoms with Gasteiger partial charge in [-0.3, -0.25) is 4.79 Å². The van der Waals surface area contributed by atoms with Crippen LogP contribution in [0.2, 0.25) is 0 Å². The van der Waals surface area contributed by atoms with Crippen molar-refractivity contribution < 1.29 is 19.2 Å². The summed E-state index contributed by atoms with van der Waals surface area (Å²) in [7, 11) is 0. The summed E-state index contributed by atoms with van der Waals surface area (Å²) < 4.78 is 10.5. The van der Waals surface area contributed by atoms with E-state index in [0.29, 0.717) is 24.3 Å². The van der Waals surface area contributed by atoms with Crippen molar-refractivity contribution in [2.24, 2.45) is 0 Å². The van der Waals surface area contributed by atoms with Crippen LogP contribution in [0.25, 0.3) is 11.0 Å². The van der Waals surface area contributed by atoms with E-state index in [4.69, 9.17) is 9.26 Å². The summed E-state index contributed by atoms with van der Waals surface area (Å²) in [6.45, 7) is 2.51. The normalized spacial score (nSPS) is 25.3. The Morgan fingerprint density at radius 3 is 3.10 bits per heavy atom. The van der Waals surface area contributed by atoms with Crippen molar-refractivity contribution >= 4 is 16.9 Å². The maximum Gasteiger partial charge on any atom is 0.226 e. The summed E-state index contributed by atoms with van der Waals surface area (Å²) in [5.41, 5.74) is 0.282. The first kappa shape index (κ1) is 14.0. The van der Waals surface area contributed by atoms with Crippen LogP contribution in [0.1, 0.15) is 19.0 Å². The lowest BCUT2D eigenvalue weighted by Crippen LogP contribution is -2.47. The predicted octanol–water partition coefficient (Wildman–Crippen LogP) is 1.03. The Balaban J connectivity index is 1.62. The van der Waals surface area contributed by atoms with E-state index in [-0.39, 0.29) is 25.0 Å². The van der Waals surface area contributed by atoms with Crippen molar-refractivity contribution in [1.29, 1.82) is 0 Å². The lowest BCUT2D eigenvalue weighted by atomic mass is 9.96. The summed E-state index contributed by atoms with van der Waals surface area (Å²) in [6.07, 6.45) is 0.384. The molecule has 112 valence electrons. The zero-order chi connectivity index (χ0) is 14.9. The first-order chi connectivity index (χ1) is 10.1. The Kier molecular flexibility index (Phi) is 3.65. The van der Waals surface area contributed by atoms with Gasteiger partial charge in [0.2, 0.25) is 5.91 Å². The number of nitrogens with one attached hydrogen (secondary N) is 1. The van der Waals surface area contributed by atoms with Gasteiger partial charge in [0.1, 0.15) is 11.3 Å². The second-order valence-corrected chi connectivity index (χ2v) is 5.45. The van der Waals surface area contributed by atoms with Crippen molar-refractivity contribution in [3.05, 3.63) is 30.0 Å². The van der Waals surface area contributed by atoms with Gasteiger partial charge in [-0.15, -0.1) is 0 Å². The monoisotopic (exact) mass is 290 g/mol. The van der Waals surface area contributed by atoms with Crippen LogP contribution in [0.5, 0.6) is 0 Å². The van der Waals surface area contributed by atoms with Crippen molar-refractivity contribution in [1.82, 2.24) is 10.5 Å². The van der Waals surface area contributed by atoms with Crippen LogP contribution in [0.4, 0.5) is 0 Å². The number of ether oxygens (including phenoxy) is 1. The molecule has 1 aromatic carbocycles. The van der Waals surface area contributed by atoms with Crippen molar-refractivity contribution in [2.45, 2.75) is 31.5 Å². The van der Waals surface area contributed by atoms with Gasteiger partial charge in [0.05, 0.1) is 12.5 Å². The molecule has 1 fully saturated rings. The molecule has 6 heteroatoms. The Morgan fingerprint density at radius 2 is 2.33 bits per heavy atom. The quantitative estimate of drug-likeness (QED) is 0.878. The van der Waals surface area contributed by atoms with Crippen LogP contribution in [0.15, 0.2) is 28.8 Å². The summed E-state index contributed by atoms with van der Waals surface area (Å²) in [5.74, 6) is -0.193. The molecule has 6 nitrogen and oxygen atoms in total. The van der Waals surface area contributed by atoms with E-state index in [1.54, 1.807) is 0 Å². The summed E-state index contributed by atoms with van der Waals surface area (Å²) in [4.78, 5) is 12.0. The van der Waals surface area contributed by atoms with E-state index in [2.05, 4.69) is 10.5 Å². The number of carbonyl (C=O) groups is 1. The molecule has 1 amide bonds. The van der Waals surface area contributed by atoms with Crippen LogP contribution in [0.3, 0.4) is 0 Å². The molecule has 21 heavy (non-hydrogen) atoms. The standard InChI is InChI=1S/C15H18N2O4/c1-10-15(19,6-7-20-10)9-16-14(18)8-12-11-4-2-3-5-13(11)21-17-12/h2-5,10,19H,6-9H2,1H3,(H,16,18). The van der Waals surface area contributed by atoms with Gasteiger partial charge in [-0.1, -0.05) is 17.3 Å². The number of nitrogens with zero attached hydrogens (tertiary/aromatic N) is 1. The molecule has 1 aromatic heterocycles. The molecule has 0 spiro atoms. The Hall–Kier alpha value is -1.92. The molecule has 3 rings (SSSR count). The SMILES string of the molecule is CC1OCCC1(O)CNC(=O)Cc1noc2ccccc12. The fourth-order valence-corrected chi connectivity index (χ4v) is 2.53. The van der Waals surface area contributed by atoms with E-state index < -0.39 is 5.60 Å². The van der Waals surface area contributed by atoms with E-state index in [1.165, 1.54) is 0 Å². The number of carbonyl (C=O) groups excluding carboxylic acids is 1. The van der Waals surface area contributed by atoms with Gasteiger partial charge < -0.3 is 19.7 Å². The fraction of sp³-hybridized carbons (Fsp3) is 0.467. The number of hydrogen-bond acceptors (Lipinski definition) is 5. The highest BCUT2D eigenvalue weighted by molar-refractivity contribution is 5.86. The molecule has 2 unspecified atom stereocenters. The minimum Gasteiger partial charge on any atom is -0.385 e. The molecule has 0 saturated carbocycles. The van der Waals surface area contributed by atoms with Gasteiger partial charge in [0.25, 0.3) is 0 Å². The Labute approximate surface area is 122 Å². The lowest BCUT2D eigenvalue weighted by molar-refractivity contribution is -0.122. The zero-order valence-corrected chi connectivity index (χ0v) is 11.8. The number of amides is 1. The number of aromatic nitrogens is 1. The zero-order valence-electron chi connectivity index (χ0n) is 11.8. The highest BCUT2D eigenvalue weighted by atomic mass is 16.5. The lowest BCUT2D eigenvalue weighted by Gasteiger charge is -2.26. The molecule has 2 aromatic rings. The van der Waals surface area contributed by atoms with Crippen molar-refractivity contribution in [2.75, 3.05) is 13.2 Å². The van der Waals surface area contributed by atoms with Gasteiger partial charge in [-0.25, -0.2) is 0 Å². The molecule has 2 N–H and O–H groups in total. The van der Waals surface area contributed by atoms with E-state index in [0.717, 1.165) is 5.39 Å². The van der Waals surface area contributed by atoms with Gasteiger partial charge in [0, 0.05) is 25.0 Å². The highest BCUT2D eigenvalue weighted by Crippen LogP contribution is 2.24. The average Bonchev–Trinajstić information content (AvgIpc) is 3.03. The summed E-state index contributed by atoms with van der Waals surface area (Å²) in [5, 5.41) is 17.8. The van der Waals surface area contributed by atoms with Crippen LogP contribution in [0, 0.1) is 0 Å². The molecule has 0 bridgehead atoms. The van der Waals surface area contributed by atoms with Crippen LogP contribution < -0.4 is 5.32 Å². The smallest absolute Gasteiger partial charge is 0.226 e. The number of benzene rings is 1. The molecular formula is C15H18N2O4. The van der Waals surface area contributed by atoms with Gasteiger partial charge >= 0.3 is 0 Å². The minimum atomic E-state index is -0.985. The molecule has 1 aliphatic rings. The van der Waals surface area contributed by atoms with Crippen LogP contribution >= 0.6 is 0 Å². The molecule has 0 aliphatic carbocycles. The summed E-state index contributed by atoms with van der Waals surface area (Å²) in [6, 6.07) is 7.41. The van der Waals surface area contributed by atoms with Crippen LogP contribution in [-0.2, 0) is 16.0 Å². The highest BCUT2D eigenvalue weighted by Gasteiger charge is 2.39. The van der Waals surface area contributed by atoms with E-state index in [1.807, 2.05) is 31.2 Å². The van der Waals surface area contributed by atoms with Gasteiger partial charge in [0.15, 0.2) is 5.58 Å². The van der Waals surface area contributed by atoms with Crippen molar-refractivity contribution in [3.8, 4) is 0 Å². The first-order valence-corrected chi connectivity index (χ1v) is 7.02. The van der Waals surface area contributed by atoms with Gasteiger partial charge in [-0.05, 0) is 19.1 Å². The molecular weight excluding hydrogens is 272 g/mol. The third kappa shape index (κ3) is 2.77. The fourth-order valence-electron chi connectivity index (χ4n) is 2.53. The Bertz CT molecular complexity index is 654. The molecule has 1 aliphatic heterocycles. The first-order valence-electron chi connectivity index (χ1n) is 7.02. The Morgan fingerprint density at radius 1 is 1.52 bits per heavy atom. The predicted molar refractivity (Wildman–Crippen MR) is 75.7 cm³/mol. The molecule has 2 atom stereocenters. The number of rotatable bonds is 4. The largest absolute Gasteiger partial charge is 0.385 e. The maximum atomic E-state index is 12.0. The van der Waals surface area contributed by atoms with E-state index >= 15 is 0 Å². The minimum absolute atomic E-state index is 0.127. The van der Waals surface area contributed by atoms with Crippen LogP contribution in [-0.4, -0.2) is 41.0 Å². The maximum absolute atomic E-state index is 12.0. The third-order valence-electron chi connectivity index (χ3n) is 4.03. The third-order valence-corrected chi connectivity index (χ3v) is 4.03. The van der Waals surface area contributed by atoms with Gasteiger partial charge in [-0.2, -0.15) is 0 Å². The molecule has 1 saturated heterocycles. The second kappa shape index (κ2) is 5.46.